The maximum Gasteiger partial charge on any atom is 0.187 e. The smallest absolute Gasteiger partial charge is 0.187 e. The highest BCUT2D eigenvalue weighted by molar-refractivity contribution is 5.15. The van der Waals surface area contributed by atoms with E-state index in [1.165, 1.54) is 12.2 Å². The zero-order chi connectivity index (χ0) is 21.3. The topological polar surface area (TPSA) is 160 Å². The Hall–Kier alpha value is -0.620. The van der Waals surface area contributed by atoms with Gasteiger partial charge in [-0.3, -0.25) is 0 Å². The molecule has 2 aliphatic rings. The van der Waals surface area contributed by atoms with Crippen LogP contribution in [-0.4, -0.2) is 97.5 Å². The van der Waals surface area contributed by atoms with Gasteiger partial charge in [0, 0.05) is 0 Å². The standard InChI is InChI=1S/C19H34O9/c1-10-6-11(22)7-18(2,3)19(10,26)5-4-12(8-20)27-17-16(25)15(24)14(23)13(9-21)28-17/h4-5,10-17,20-26H,6-9H2,1-3H3. The van der Waals surface area contributed by atoms with Crippen LogP contribution in [0.15, 0.2) is 12.2 Å². The van der Waals surface area contributed by atoms with E-state index in [1.54, 1.807) is 0 Å². The molecular weight excluding hydrogens is 372 g/mol. The van der Waals surface area contributed by atoms with Crippen LogP contribution in [0.1, 0.15) is 33.6 Å². The molecule has 1 heterocycles. The molecule has 164 valence electrons. The van der Waals surface area contributed by atoms with E-state index in [0.717, 1.165) is 0 Å². The molecule has 0 bridgehead atoms. The molecule has 0 amide bonds. The van der Waals surface area contributed by atoms with Crippen LogP contribution >= 0.6 is 0 Å². The lowest BCUT2D eigenvalue weighted by Crippen LogP contribution is -2.59. The van der Waals surface area contributed by atoms with E-state index in [9.17, 15) is 35.7 Å². The molecule has 1 aliphatic heterocycles. The second-order valence-electron chi connectivity index (χ2n) is 8.62. The van der Waals surface area contributed by atoms with Crippen molar-refractivity contribution in [3.63, 3.8) is 0 Å². The first-order valence-electron chi connectivity index (χ1n) is 9.63. The zero-order valence-corrected chi connectivity index (χ0v) is 16.5. The lowest BCUT2D eigenvalue weighted by Gasteiger charge is -2.50. The van der Waals surface area contributed by atoms with Gasteiger partial charge in [-0.2, -0.15) is 0 Å². The van der Waals surface area contributed by atoms with Gasteiger partial charge in [0.15, 0.2) is 6.29 Å². The van der Waals surface area contributed by atoms with Gasteiger partial charge in [-0.05, 0) is 24.2 Å². The summed E-state index contributed by atoms with van der Waals surface area (Å²) in [6, 6.07) is 0. The summed E-state index contributed by atoms with van der Waals surface area (Å²) in [7, 11) is 0. The van der Waals surface area contributed by atoms with E-state index < -0.39 is 67.1 Å². The first kappa shape index (κ1) is 23.7. The Labute approximate surface area is 164 Å². The van der Waals surface area contributed by atoms with E-state index in [0.29, 0.717) is 12.8 Å². The van der Waals surface area contributed by atoms with Gasteiger partial charge in [-0.25, -0.2) is 0 Å². The van der Waals surface area contributed by atoms with Crippen LogP contribution in [0.3, 0.4) is 0 Å². The van der Waals surface area contributed by atoms with Crippen molar-refractivity contribution >= 4 is 0 Å². The largest absolute Gasteiger partial charge is 0.394 e. The normalized spacial score (nSPS) is 45.3. The van der Waals surface area contributed by atoms with Crippen molar-refractivity contribution in [1.82, 2.24) is 0 Å². The summed E-state index contributed by atoms with van der Waals surface area (Å²) in [6.45, 7) is 4.46. The maximum atomic E-state index is 11.2. The molecule has 1 aliphatic carbocycles. The van der Waals surface area contributed by atoms with Gasteiger partial charge in [0.1, 0.15) is 30.5 Å². The molecule has 9 nitrogen and oxygen atoms in total. The summed E-state index contributed by atoms with van der Waals surface area (Å²) in [5, 5.41) is 69.8. The fraction of sp³-hybridized carbons (Fsp3) is 0.895. The summed E-state index contributed by atoms with van der Waals surface area (Å²) in [5.74, 6) is -0.242. The van der Waals surface area contributed by atoms with Crippen LogP contribution in [0.25, 0.3) is 0 Å². The Kier molecular flexibility index (Phi) is 7.63. The van der Waals surface area contributed by atoms with Gasteiger partial charge in [-0.1, -0.05) is 32.9 Å². The molecule has 2 fully saturated rings. The SMILES string of the molecule is CC1CC(O)CC(C)(C)C1(O)C=CC(CO)OC1OC(CO)C(O)C(O)C1O. The number of ether oxygens (including phenoxy) is 2. The van der Waals surface area contributed by atoms with Gasteiger partial charge in [0.25, 0.3) is 0 Å². The molecule has 1 saturated carbocycles. The Morgan fingerprint density at radius 1 is 1.11 bits per heavy atom. The Morgan fingerprint density at radius 3 is 2.29 bits per heavy atom. The monoisotopic (exact) mass is 406 g/mol. The van der Waals surface area contributed by atoms with Crippen LogP contribution in [0.5, 0.6) is 0 Å². The molecule has 0 aromatic carbocycles. The molecule has 28 heavy (non-hydrogen) atoms. The third-order valence-electron chi connectivity index (χ3n) is 6.11. The summed E-state index contributed by atoms with van der Waals surface area (Å²) < 4.78 is 10.8. The Bertz CT molecular complexity index is 537. The number of aliphatic hydroxyl groups excluding tert-OH is 6. The van der Waals surface area contributed by atoms with Gasteiger partial charge in [0.05, 0.1) is 24.9 Å². The van der Waals surface area contributed by atoms with E-state index >= 15 is 0 Å². The molecule has 0 radical (unpaired) electrons. The minimum atomic E-state index is -1.58. The molecular formula is C19H34O9. The van der Waals surface area contributed by atoms with Gasteiger partial charge >= 0.3 is 0 Å². The fourth-order valence-electron chi connectivity index (χ4n) is 4.24. The molecule has 9 heteroatoms. The minimum Gasteiger partial charge on any atom is -0.394 e. The molecule has 1 saturated heterocycles. The highest BCUT2D eigenvalue weighted by atomic mass is 16.7. The molecule has 0 aromatic heterocycles. The first-order valence-corrected chi connectivity index (χ1v) is 9.63. The number of hydrogen-bond donors (Lipinski definition) is 7. The van der Waals surface area contributed by atoms with Crippen molar-refractivity contribution in [3.8, 4) is 0 Å². The Balaban J connectivity index is 2.13. The zero-order valence-electron chi connectivity index (χ0n) is 16.5. The second kappa shape index (κ2) is 9.03. The van der Waals surface area contributed by atoms with E-state index in [4.69, 9.17) is 9.47 Å². The number of rotatable bonds is 6. The quantitative estimate of drug-likeness (QED) is 0.254. The Morgan fingerprint density at radius 2 is 1.75 bits per heavy atom. The number of hydrogen-bond acceptors (Lipinski definition) is 9. The minimum absolute atomic E-state index is 0.242. The summed E-state index contributed by atoms with van der Waals surface area (Å²) in [5.41, 5.74) is -1.87. The van der Waals surface area contributed by atoms with Crippen molar-refractivity contribution in [1.29, 1.82) is 0 Å². The predicted octanol–water partition coefficient (Wildman–Crippen LogP) is -1.73. The average Bonchev–Trinajstić information content (AvgIpc) is 2.62. The maximum absolute atomic E-state index is 11.2. The molecule has 7 N–H and O–H groups in total. The molecule has 0 aromatic rings. The highest BCUT2D eigenvalue weighted by Gasteiger charge is 2.50. The van der Waals surface area contributed by atoms with Gasteiger partial charge < -0.3 is 45.2 Å². The third kappa shape index (κ3) is 4.58. The summed E-state index contributed by atoms with van der Waals surface area (Å²) in [6.07, 6.45) is -4.80. The van der Waals surface area contributed by atoms with Crippen molar-refractivity contribution < 1.29 is 45.2 Å². The lowest BCUT2D eigenvalue weighted by molar-refractivity contribution is -0.309. The summed E-state index contributed by atoms with van der Waals surface area (Å²) >= 11 is 0. The summed E-state index contributed by atoms with van der Waals surface area (Å²) in [4.78, 5) is 0. The number of aliphatic hydroxyl groups is 7. The van der Waals surface area contributed by atoms with Crippen LogP contribution in [0.2, 0.25) is 0 Å². The van der Waals surface area contributed by atoms with Crippen molar-refractivity contribution in [2.24, 2.45) is 11.3 Å². The van der Waals surface area contributed by atoms with E-state index in [2.05, 4.69) is 0 Å². The second-order valence-corrected chi connectivity index (χ2v) is 8.62. The third-order valence-corrected chi connectivity index (χ3v) is 6.11. The molecule has 0 spiro atoms. The van der Waals surface area contributed by atoms with Gasteiger partial charge in [0.2, 0.25) is 0 Å². The predicted molar refractivity (Wildman–Crippen MR) is 98.0 cm³/mol. The first-order chi connectivity index (χ1) is 13.0. The molecule has 2 rings (SSSR count). The van der Waals surface area contributed by atoms with Crippen molar-refractivity contribution in [2.75, 3.05) is 13.2 Å². The van der Waals surface area contributed by atoms with Crippen LogP contribution in [0, 0.1) is 11.3 Å². The average molecular weight is 406 g/mol. The van der Waals surface area contributed by atoms with Crippen LogP contribution < -0.4 is 0 Å². The van der Waals surface area contributed by atoms with E-state index in [-0.39, 0.29) is 5.92 Å². The fourth-order valence-corrected chi connectivity index (χ4v) is 4.24. The van der Waals surface area contributed by atoms with Crippen molar-refractivity contribution in [2.45, 2.75) is 82.1 Å². The highest BCUT2D eigenvalue weighted by Crippen LogP contribution is 2.48. The van der Waals surface area contributed by atoms with Crippen LogP contribution in [-0.2, 0) is 9.47 Å². The molecule has 9 unspecified atom stereocenters. The van der Waals surface area contributed by atoms with Gasteiger partial charge in [-0.15, -0.1) is 0 Å². The van der Waals surface area contributed by atoms with Crippen LogP contribution in [0.4, 0.5) is 0 Å². The van der Waals surface area contributed by atoms with Crippen molar-refractivity contribution in [3.05, 3.63) is 12.2 Å². The van der Waals surface area contributed by atoms with E-state index in [1.807, 2.05) is 20.8 Å². The molecule has 9 atom stereocenters. The lowest BCUT2D eigenvalue weighted by atomic mass is 9.60.